The molecule has 0 bridgehead atoms. The normalized spacial score (nSPS) is 16.3. The van der Waals surface area contributed by atoms with E-state index < -0.39 is 0 Å². The maximum Gasteiger partial charge on any atom is 0.302 e. The van der Waals surface area contributed by atoms with E-state index >= 15 is 0 Å². The van der Waals surface area contributed by atoms with Crippen LogP contribution in [0.3, 0.4) is 0 Å². The smallest absolute Gasteiger partial charge is 0.302 e. The number of aldehydes is 1. The van der Waals surface area contributed by atoms with Gasteiger partial charge in [0.05, 0.1) is 5.02 Å². The third kappa shape index (κ3) is 5.00. The molecule has 120 valence electrons. The first-order valence-electron chi connectivity index (χ1n) is 7.35. The van der Waals surface area contributed by atoms with E-state index in [0.717, 1.165) is 38.8 Å². The van der Waals surface area contributed by atoms with Gasteiger partial charge in [-0.1, -0.05) is 11.6 Å². The molecule has 2 rings (SSSR count). The van der Waals surface area contributed by atoms with E-state index in [-0.39, 0.29) is 12.1 Å². The minimum atomic E-state index is -0.242. The number of nitrogens with zero attached hydrogens (tertiary/aromatic N) is 1. The largest absolute Gasteiger partial charge is 0.490 e. The van der Waals surface area contributed by atoms with Crippen LogP contribution >= 0.6 is 11.6 Å². The maximum absolute atomic E-state index is 10.7. The molecule has 1 saturated heterocycles. The van der Waals surface area contributed by atoms with Gasteiger partial charge in [0.25, 0.3) is 0 Å². The van der Waals surface area contributed by atoms with Crippen LogP contribution in [0.25, 0.3) is 0 Å². The Hall–Kier alpha value is -1.59. The molecule has 1 heterocycles. The molecule has 0 spiro atoms. The topological polar surface area (TPSA) is 55.8 Å². The van der Waals surface area contributed by atoms with Crippen molar-refractivity contribution in [2.24, 2.45) is 0 Å². The van der Waals surface area contributed by atoms with Gasteiger partial charge in [0, 0.05) is 32.1 Å². The zero-order chi connectivity index (χ0) is 15.9. The molecule has 0 aliphatic carbocycles. The number of likely N-dealkylation sites (tertiary alicyclic amines) is 1. The van der Waals surface area contributed by atoms with E-state index in [9.17, 15) is 9.59 Å². The van der Waals surface area contributed by atoms with Crippen molar-refractivity contribution in [2.45, 2.75) is 25.9 Å². The molecule has 0 radical (unpaired) electrons. The van der Waals surface area contributed by atoms with Crippen LogP contribution in [-0.2, 0) is 9.53 Å². The van der Waals surface area contributed by atoms with E-state index in [1.807, 2.05) is 0 Å². The van der Waals surface area contributed by atoms with Crippen molar-refractivity contribution in [3.63, 3.8) is 0 Å². The van der Waals surface area contributed by atoms with Crippen LogP contribution in [0.15, 0.2) is 18.2 Å². The molecule has 0 saturated carbocycles. The van der Waals surface area contributed by atoms with Gasteiger partial charge in [-0.2, -0.15) is 0 Å². The van der Waals surface area contributed by atoms with E-state index in [0.29, 0.717) is 22.9 Å². The maximum atomic E-state index is 10.7. The van der Waals surface area contributed by atoms with Crippen LogP contribution in [-0.4, -0.2) is 49.5 Å². The summed E-state index contributed by atoms with van der Waals surface area (Å²) >= 11 is 5.99. The summed E-state index contributed by atoms with van der Waals surface area (Å²) in [5.74, 6) is 0.447. The van der Waals surface area contributed by atoms with E-state index in [2.05, 4.69) is 4.90 Å². The fourth-order valence-corrected chi connectivity index (χ4v) is 2.65. The summed E-state index contributed by atoms with van der Waals surface area (Å²) in [6.07, 6.45) is 2.69. The average molecular weight is 326 g/mol. The fourth-order valence-electron chi connectivity index (χ4n) is 2.44. The number of piperidine rings is 1. The van der Waals surface area contributed by atoms with Gasteiger partial charge >= 0.3 is 5.97 Å². The molecule has 1 fully saturated rings. The van der Waals surface area contributed by atoms with Gasteiger partial charge in [-0.25, -0.2) is 0 Å². The minimum absolute atomic E-state index is 0.142. The fraction of sp³-hybridized carbons (Fsp3) is 0.500. The summed E-state index contributed by atoms with van der Waals surface area (Å²) in [7, 11) is 0. The van der Waals surface area contributed by atoms with Crippen molar-refractivity contribution in [1.82, 2.24) is 4.90 Å². The van der Waals surface area contributed by atoms with Gasteiger partial charge in [-0.15, -0.1) is 0 Å². The lowest BCUT2D eigenvalue weighted by Gasteiger charge is -2.31. The molecule has 1 aliphatic heterocycles. The Morgan fingerprint density at radius 2 is 2.14 bits per heavy atom. The van der Waals surface area contributed by atoms with Crippen molar-refractivity contribution in [3.8, 4) is 5.75 Å². The number of hydrogen-bond acceptors (Lipinski definition) is 5. The Morgan fingerprint density at radius 1 is 1.41 bits per heavy atom. The predicted molar refractivity (Wildman–Crippen MR) is 83.6 cm³/mol. The molecule has 0 atom stereocenters. The Bertz CT molecular complexity index is 527. The number of halogens is 1. The summed E-state index contributed by atoms with van der Waals surface area (Å²) in [5.41, 5.74) is 0.467. The number of rotatable bonds is 6. The van der Waals surface area contributed by atoms with Crippen LogP contribution in [0, 0.1) is 0 Å². The van der Waals surface area contributed by atoms with Crippen LogP contribution in [0.5, 0.6) is 5.75 Å². The highest BCUT2D eigenvalue weighted by molar-refractivity contribution is 6.33. The lowest BCUT2D eigenvalue weighted by atomic mass is 10.1. The average Bonchev–Trinajstić information content (AvgIpc) is 2.49. The standard InChI is InChI=1S/C16H20ClNO4/c1-12(20)21-9-8-18-6-4-14(5-7-18)22-15-3-2-13(11-19)16(17)10-15/h2-3,10-11,14H,4-9H2,1H3. The molecule has 5 nitrogen and oxygen atoms in total. The number of hydrogen-bond donors (Lipinski definition) is 0. The number of benzene rings is 1. The van der Waals surface area contributed by atoms with Gasteiger partial charge in [-0.05, 0) is 31.0 Å². The van der Waals surface area contributed by atoms with Crippen LogP contribution in [0.2, 0.25) is 5.02 Å². The summed E-state index contributed by atoms with van der Waals surface area (Å²) < 4.78 is 10.9. The summed E-state index contributed by atoms with van der Waals surface area (Å²) in [6, 6.07) is 5.11. The lowest BCUT2D eigenvalue weighted by Crippen LogP contribution is -2.40. The van der Waals surface area contributed by atoms with Crippen LogP contribution < -0.4 is 4.74 Å². The van der Waals surface area contributed by atoms with Gasteiger partial charge in [0.2, 0.25) is 0 Å². The second kappa shape index (κ2) is 8.15. The van der Waals surface area contributed by atoms with E-state index in [1.165, 1.54) is 6.92 Å². The van der Waals surface area contributed by atoms with Crippen molar-refractivity contribution >= 4 is 23.9 Å². The Kier molecular flexibility index (Phi) is 6.21. The van der Waals surface area contributed by atoms with Crippen molar-refractivity contribution in [3.05, 3.63) is 28.8 Å². The Balaban J connectivity index is 1.76. The van der Waals surface area contributed by atoms with Crippen molar-refractivity contribution in [1.29, 1.82) is 0 Å². The van der Waals surface area contributed by atoms with Crippen molar-refractivity contribution < 1.29 is 19.1 Å². The van der Waals surface area contributed by atoms with Gasteiger partial charge < -0.3 is 9.47 Å². The molecule has 1 aromatic carbocycles. The third-order valence-electron chi connectivity index (χ3n) is 3.65. The third-order valence-corrected chi connectivity index (χ3v) is 3.98. The SMILES string of the molecule is CC(=O)OCCN1CCC(Oc2ccc(C=O)c(Cl)c2)CC1. The highest BCUT2D eigenvalue weighted by Gasteiger charge is 2.20. The van der Waals surface area contributed by atoms with Crippen LogP contribution in [0.4, 0.5) is 0 Å². The molecule has 0 unspecified atom stereocenters. The molecule has 22 heavy (non-hydrogen) atoms. The summed E-state index contributed by atoms with van der Waals surface area (Å²) in [4.78, 5) is 23.7. The van der Waals surface area contributed by atoms with Crippen LogP contribution in [0.1, 0.15) is 30.1 Å². The summed E-state index contributed by atoms with van der Waals surface area (Å²) in [5, 5.41) is 0.409. The predicted octanol–water partition coefficient (Wildman–Crippen LogP) is 2.56. The first kappa shape index (κ1) is 16.8. The quantitative estimate of drug-likeness (QED) is 0.594. The van der Waals surface area contributed by atoms with Crippen molar-refractivity contribution in [2.75, 3.05) is 26.2 Å². The molecule has 0 amide bonds. The first-order valence-corrected chi connectivity index (χ1v) is 7.73. The lowest BCUT2D eigenvalue weighted by molar-refractivity contribution is -0.141. The second-order valence-corrected chi connectivity index (χ2v) is 5.71. The minimum Gasteiger partial charge on any atom is -0.490 e. The number of esters is 1. The van der Waals surface area contributed by atoms with E-state index in [1.54, 1.807) is 18.2 Å². The molecule has 6 heteroatoms. The number of carbonyl (C=O) groups is 2. The molecule has 1 aromatic rings. The monoisotopic (exact) mass is 325 g/mol. The molecular weight excluding hydrogens is 306 g/mol. The highest BCUT2D eigenvalue weighted by Crippen LogP contribution is 2.24. The second-order valence-electron chi connectivity index (χ2n) is 5.30. The number of ether oxygens (including phenoxy) is 2. The summed E-state index contributed by atoms with van der Waals surface area (Å²) in [6.45, 7) is 4.43. The van der Waals surface area contributed by atoms with Gasteiger partial charge in [-0.3, -0.25) is 14.5 Å². The Morgan fingerprint density at radius 3 is 2.73 bits per heavy atom. The molecule has 0 aromatic heterocycles. The number of carbonyl (C=O) groups excluding carboxylic acids is 2. The molecule has 1 aliphatic rings. The highest BCUT2D eigenvalue weighted by atomic mass is 35.5. The van der Waals surface area contributed by atoms with E-state index in [4.69, 9.17) is 21.1 Å². The Labute approximate surface area is 135 Å². The molecular formula is C16H20ClNO4. The molecule has 0 N–H and O–H groups in total. The zero-order valence-electron chi connectivity index (χ0n) is 12.6. The van der Waals surface area contributed by atoms with Gasteiger partial charge in [0.1, 0.15) is 18.5 Å². The zero-order valence-corrected chi connectivity index (χ0v) is 13.3. The van der Waals surface area contributed by atoms with Gasteiger partial charge in [0.15, 0.2) is 6.29 Å². The first-order chi connectivity index (χ1) is 10.6.